The van der Waals surface area contributed by atoms with E-state index in [1.807, 2.05) is 0 Å². The topological polar surface area (TPSA) is 9.23 Å². The monoisotopic (exact) mass is 160 g/mol. The molecule has 0 radical (unpaired) electrons. The molecule has 1 aromatic carbocycles. The van der Waals surface area contributed by atoms with Gasteiger partial charge in [0.1, 0.15) is 6.61 Å². The summed E-state index contributed by atoms with van der Waals surface area (Å²) < 4.78 is 11.2. The van der Waals surface area contributed by atoms with E-state index in [1.54, 1.807) is 24.3 Å². The second-order valence-corrected chi connectivity index (χ2v) is 2.32. The Kier molecular flexibility index (Phi) is 2.66. The van der Waals surface area contributed by atoms with Crippen LogP contribution >= 0.6 is 11.6 Å². The summed E-state index contributed by atoms with van der Waals surface area (Å²) in [6, 6.07) is 6.80. The highest BCUT2D eigenvalue weighted by Gasteiger charge is 1.91. The molecule has 1 rings (SSSR count). The van der Waals surface area contributed by atoms with Crippen molar-refractivity contribution >= 4 is 11.6 Å². The smallest absolute Gasteiger partial charge is 0.113 e. The minimum Gasteiger partial charge on any atom is -0.189 e. The van der Waals surface area contributed by atoms with E-state index in [9.17, 15) is 4.53 Å². The van der Waals surface area contributed by atoms with Gasteiger partial charge in [0.2, 0.25) is 0 Å². The van der Waals surface area contributed by atoms with Gasteiger partial charge in [-0.15, -0.1) is 0 Å². The molecular formula is C7H6ClFO. The van der Waals surface area contributed by atoms with Gasteiger partial charge < -0.3 is 0 Å². The summed E-state index contributed by atoms with van der Waals surface area (Å²) in [6.45, 7) is -0.0167. The lowest BCUT2D eigenvalue weighted by atomic mass is 10.2. The third kappa shape index (κ3) is 1.97. The Hall–Kier alpha value is -0.600. The highest BCUT2D eigenvalue weighted by Crippen LogP contribution is 2.09. The summed E-state index contributed by atoms with van der Waals surface area (Å²) in [4.78, 5) is 3.42. The van der Waals surface area contributed by atoms with E-state index in [-0.39, 0.29) is 6.61 Å². The Bertz CT molecular complexity index is 197. The molecule has 54 valence electrons. The van der Waals surface area contributed by atoms with Crippen molar-refractivity contribution < 1.29 is 9.47 Å². The molecule has 0 aromatic heterocycles. The Labute approximate surface area is 63.3 Å². The van der Waals surface area contributed by atoms with Crippen molar-refractivity contribution in [3.8, 4) is 0 Å². The van der Waals surface area contributed by atoms with Gasteiger partial charge >= 0.3 is 0 Å². The van der Waals surface area contributed by atoms with Crippen molar-refractivity contribution in [1.82, 2.24) is 0 Å². The predicted molar refractivity (Wildman–Crippen MR) is 37.3 cm³/mol. The highest BCUT2D eigenvalue weighted by molar-refractivity contribution is 6.30. The van der Waals surface area contributed by atoms with Gasteiger partial charge in [-0.05, 0) is 22.2 Å². The Morgan fingerprint density at radius 2 is 1.90 bits per heavy atom. The molecular weight excluding hydrogens is 155 g/mol. The summed E-state index contributed by atoms with van der Waals surface area (Å²) in [7, 11) is 0. The maximum Gasteiger partial charge on any atom is 0.113 e. The molecule has 0 aliphatic carbocycles. The molecule has 0 N–H and O–H groups in total. The van der Waals surface area contributed by atoms with Gasteiger partial charge in [0.05, 0.1) is 0 Å². The van der Waals surface area contributed by atoms with Gasteiger partial charge in [-0.2, -0.15) is 4.94 Å². The van der Waals surface area contributed by atoms with Gasteiger partial charge in [0.15, 0.2) is 0 Å². The lowest BCUT2D eigenvalue weighted by Crippen LogP contribution is -1.82. The van der Waals surface area contributed by atoms with E-state index in [0.29, 0.717) is 5.02 Å². The molecule has 0 bridgehead atoms. The highest BCUT2D eigenvalue weighted by atomic mass is 35.5. The summed E-state index contributed by atoms with van der Waals surface area (Å²) in [5.74, 6) is 0. The van der Waals surface area contributed by atoms with E-state index >= 15 is 0 Å². The van der Waals surface area contributed by atoms with Crippen molar-refractivity contribution in [1.29, 1.82) is 0 Å². The molecule has 0 unspecified atom stereocenters. The third-order valence-electron chi connectivity index (χ3n) is 1.13. The van der Waals surface area contributed by atoms with Crippen LogP contribution in [0.25, 0.3) is 0 Å². The average molecular weight is 161 g/mol. The van der Waals surface area contributed by atoms with Crippen LogP contribution in [0.2, 0.25) is 5.02 Å². The van der Waals surface area contributed by atoms with Crippen molar-refractivity contribution in [3.63, 3.8) is 0 Å². The Morgan fingerprint density at radius 3 is 2.40 bits per heavy atom. The maximum atomic E-state index is 11.2. The first-order valence-corrected chi connectivity index (χ1v) is 3.18. The molecule has 3 heteroatoms. The molecule has 0 aliphatic heterocycles. The van der Waals surface area contributed by atoms with Crippen LogP contribution in [0.1, 0.15) is 5.56 Å². The fourth-order valence-corrected chi connectivity index (χ4v) is 0.770. The van der Waals surface area contributed by atoms with Gasteiger partial charge in [0, 0.05) is 5.02 Å². The summed E-state index contributed by atoms with van der Waals surface area (Å²) in [5.41, 5.74) is 0.770. The summed E-state index contributed by atoms with van der Waals surface area (Å²) >= 11 is 5.58. The maximum absolute atomic E-state index is 11.2. The van der Waals surface area contributed by atoms with Crippen molar-refractivity contribution in [2.24, 2.45) is 0 Å². The average Bonchev–Trinajstić information content (AvgIpc) is 1.95. The largest absolute Gasteiger partial charge is 0.189 e. The quantitative estimate of drug-likeness (QED) is 0.647. The number of hydrogen-bond donors (Lipinski definition) is 0. The third-order valence-corrected chi connectivity index (χ3v) is 1.39. The number of halogens is 2. The standard InChI is InChI=1S/C7H6ClFO/c8-7-3-1-6(2-4-7)5-10-9/h1-4H,5H2. The fraction of sp³-hybridized carbons (Fsp3) is 0.143. The summed E-state index contributed by atoms with van der Waals surface area (Å²) in [5, 5.41) is 0.641. The molecule has 10 heavy (non-hydrogen) atoms. The lowest BCUT2D eigenvalue weighted by Gasteiger charge is -1.94. The van der Waals surface area contributed by atoms with E-state index in [4.69, 9.17) is 11.6 Å². The van der Waals surface area contributed by atoms with E-state index in [0.717, 1.165) is 5.56 Å². The zero-order valence-electron chi connectivity index (χ0n) is 5.18. The minimum absolute atomic E-state index is 0.0167. The SMILES string of the molecule is FOCc1ccc(Cl)cc1. The zero-order valence-corrected chi connectivity index (χ0v) is 5.94. The minimum atomic E-state index is -0.0167. The first kappa shape index (κ1) is 7.51. The van der Waals surface area contributed by atoms with Crippen LogP contribution in [0.5, 0.6) is 0 Å². The normalized spacial score (nSPS) is 9.80. The zero-order chi connectivity index (χ0) is 7.40. The van der Waals surface area contributed by atoms with E-state index in [1.165, 1.54) is 0 Å². The van der Waals surface area contributed by atoms with Crippen molar-refractivity contribution in [2.75, 3.05) is 0 Å². The molecule has 1 nitrogen and oxygen atoms in total. The molecule has 0 aliphatic rings. The molecule has 0 fully saturated rings. The first-order valence-electron chi connectivity index (χ1n) is 2.81. The fourth-order valence-electron chi connectivity index (χ4n) is 0.644. The molecule has 0 saturated heterocycles. The van der Waals surface area contributed by atoms with Gasteiger partial charge in [-0.25, -0.2) is 0 Å². The molecule has 0 atom stereocenters. The predicted octanol–water partition coefficient (Wildman–Crippen LogP) is 2.74. The van der Waals surface area contributed by atoms with Gasteiger partial charge in [-0.3, -0.25) is 0 Å². The lowest BCUT2D eigenvalue weighted by molar-refractivity contribution is -0.144. The van der Waals surface area contributed by atoms with Crippen molar-refractivity contribution in [2.45, 2.75) is 6.61 Å². The van der Waals surface area contributed by atoms with Crippen LogP contribution < -0.4 is 0 Å². The van der Waals surface area contributed by atoms with Crippen LogP contribution in [-0.4, -0.2) is 0 Å². The molecule has 0 saturated carbocycles. The van der Waals surface area contributed by atoms with Crippen LogP contribution in [0.4, 0.5) is 4.53 Å². The molecule has 0 spiro atoms. The van der Waals surface area contributed by atoms with Gasteiger partial charge in [0.25, 0.3) is 0 Å². The molecule has 0 amide bonds. The Balaban J connectivity index is 2.69. The number of hydrogen-bond acceptors (Lipinski definition) is 1. The Morgan fingerprint density at radius 1 is 1.30 bits per heavy atom. The van der Waals surface area contributed by atoms with Gasteiger partial charge in [-0.1, -0.05) is 23.7 Å². The summed E-state index contributed by atoms with van der Waals surface area (Å²) in [6.07, 6.45) is 0. The van der Waals surface area contributed by atoms with E-state index < -0.39 is 0 Å². The first-order chi connectivity index (χ1) is 4.83. The van der Waals surface area contributed by atoms with E-state index in [2.05, 4.69) is 4.94 Å². The second kappa shape index (κ2) is 3.54. The molecule has 0 heterocycles. The molecule has 1 aromatic rings. The number of benzene rings is 1. The van der Waals surface area contributed by atoms with Crippen molar-refractivity contribution in [3.05, 3.63) is 34.9 Å². The van der Waals surface area contributed by atoms with Crippen LogP contribution in [0.15, 0.2) is 24.3 Å². The van der Waals surface area contributed by atoms with Crippen LogP contribution in [-0.2, 0) is 11.5 Å². The number of rotatable bonds is 2. The van der Waals surface area contributed by atoms with Crippen LogP contribution in [0.3, 0.4) is 0 Å². The van der Waals surface area contributed by atoms with Crippen LogP contribution in [0, 0.1) is 0 Å². The second-order valence-electron chi connectivity index (χ2n) is 1.88.